The highest BCUT2D eigenvalue weighted by atomic mass is 16.5. The Morgan fingerprint density at radius 2 is 1.75 bits per heavy atom. The van der Waals surface area contributed by atoms with Crippen LogP contribution in [0.5, 0.6) is 5.75 Å². The van der Waals surface area contributed by atoms with Crippen LogP contribution in [0, 0.1) is 0 Å². The number of amides is 1. The number of rotatable bonds is 6. The number of aryl methyl sites for hydroxylation is 2. The fraction of sp³-hybridized carbons (Fsp3) is 0.458. The molecule has 2 N–H and O–H groups in total. The molecule has 0 saturated carbocycles. The maximum absolute atomic E-state index is 12.8. The summed E-state index contributed by atoms with van der Waals surface area (Å²) in [7, 11) is 1.69. The predicted octanol–water partition coefficient (Wildman–Crippen LogP) is 2.72. The molecule has 1 heterocycles. The molecule has 4 nitrogen and oxygen atoms in total. The summed E-state index contributed by atoms with van der Waals surface area (Å²) < 4.78 is 5.31. The molecule has 4 heteroatoms. The van der Waals surface area contributed by atoms with Crippen molar-refractivity contribution >= 4 is 5.91 Å². The number of hydrogen-bond acceptors (Lipinski definition) is 2. The van der Waals surface area contributed by atoms with Gasteiger partial charge in [-0.2, -0.15) is 0 Å². The fourth-order valence-corrected chi connectivity index (χ4v) is 4.70. The van der Waals surface area contributed by atoms with E-state index in [1.54, 1.807) is 12.0 Å². The highest BCUT2D eigenvalue weighted by Crippen LogP contribution is 2.23. The maximum atomic E-state index is 12.8. The zero-order valence-electron chi connectivity index (χ0n) is 16.8. The van der Waals surface area contributed by atoms with Crippen LogP contribution in [0.2, 0.25) is 0 Å². The Kier molecular flexibility index (Phi) is 5.96. The first-order chi connectivity index (χ1) is 13.7. The average Bonchev–Trinajstić information content (AvgIpc) is 3.23. The smallest absolute Gasteiger partial charge is 0.251 e. The number of fused-ring (bicyclic) bond motifs is 1. The summed E-state index contributed by atoms with van der Waals surface area (Å²) in [6.07, 6.45) is 7.30. The van der Waals surface area contributed by atoms with Crippen molar-refractivity contribution in [2.24, 2.45) is 0 Å². The standard InChI is InChI=1S/C24H30N2O2/c1-28-22-12-10-19(11-13-22)23(26-14-3-2-4-15-26)17-25-24(27)21-9-8-18-6-5-7-20(18)16-21/h8-13,16,23H,2-7,14-15,17H2,1H3,(H,25,27)/p+1/t23-/m0/s1. The lowest BCUT2D eigenvalue weighted by molar-refractivity contribution is -0.935. The Morgan fingerprint density at radius 1 is 1.00 bits per heavy atom. The summed E-state index contributed by atoms with van der Waals surface area (Å²) in [4.78, 5) is 14.4. The Morgan fingerprint density at radius 3 is 2.50 bits per heavy atom. The van der Waals surface area contributed by atoms with E-state index >= 15 is 0 Å². The monoisotopic (exact) mass is 379 g/mol. The molecular formula is C24H31N2O2+. The van der Waals surface area contributed by atoms with Crippen molar-refractivity contribution in [2.45, 2.75) is 44.6 Å². The number of carbonyl (C=O) groups is 1. The molecule has 1 saturated heterocycles. The van der Waals surface area contributed by atoms with Gasteiger partial charge < -0.3 is 15.0 Å². The summed E-state index contributed by atoms with van der Waals surface area (Å²) in [6.45, 7) is 3.01. The van der Waals surface area contributed by atoms with Gasteiger partial charge in [0.15, 0.2) is 0 Å². The first kappa shape index (κ1) is 19.0. The van der Waals surface area contributed by atoms with E-state index in [9.17, 15) is 4.79 Å². The topological polar surface area (TPSA) is 42.8 Å². The van der Waals surface area contributed by atoms with Crippen molar-refractivity contribution < 1.29 is 14.4 Å². The van der Waals surface area contributed by atoms with Crippen LogP contribution >= 0.6 is 0 Å². The molecule has 2 aromatic rings. The molecule has 4 rings (SSSR count). The second-order valence-electron chi connectivity index (χ2n) is 8.09. The zero-order chi connectivity index (χ0) is 19.3. The first-order valence-electron chi connectivity index (χ1n) is 10.6. The molecular weight excluding hydrogens is 348 g/mol. The van der Waals surface area contributed by atoms with Crippen LogP contribution in [0.25, 0.3) is 0 Å². The lowest BCUT2D eigenvalue weighted by Gasteiger charge is -2.32. The third-order valence-electron chi connectivity index (χ3n) is 6.33. The Labute approximate surface area is 167 Å². The van der Waals surface area contributed by atoms with Crippen molar-refractivity contribution in [3.63, 3.8) is 0 Å². The van der Waals surface area contributed by atoms with Gasteiger partial charge in [0.25, 0.3) is 5.91 Å². The molecule has 1 aliphatic carbocycles. The Bertz CT molecular complexity index is 810. The summed E-state index contributed by atoms with van der Waals surface area (Å²) >= 11 is 0. The number of carbonyl (C=O) groups excluding carboxylic acids is 1. The Balaban J connectivity index is 1.47. The molecule has 0 bridgehead atoms. The van der Waals surface area contributed by atoms with Gasteiger partial charge >= 0.3 is 0 Å². The van der Waals surface area contributed by atoms with E-state index in [0.29, 0.717) is 6.54 Å². The third-order valence-corrected chi connectivity index (χ3v) is 6.33. The SMILES string of the molecule is COc1ccc([C@H](CNC(=O)c2ccc3c(c2)CCC3)[NH+]2CCCCC2)cc1. The first-order valence-corrected chi connectivity index (χ1v) is 10.6. The van der Waals surface area contributed by atoms with Gasteiger partial charge in [0.05, 0.1) is 26.7 Å². The summed E-state index contributed by atoms with van der Waals surface area (Å²) in [5.41, 5.74) is 4.82. The van der Waals surface area contributed by atoms with Gasteiger partial charge in [-0.05, 0) is 86.1 Å². The minimum absolute atomic E-state index is 0.0459. The normalized spacial score (nSPS) is 17.8. The van der Waals surface area contributed by atoms with E-state index in [4.69, 9.17) is 4.74 Å². The molecule has 1 amide bonds. The number of likely N-dealkylation sites (tertiary alicyclic amines) is 1. The molecule has 0 unspecified atom stereocenters. The minimum Gasteiger partial charge on any atom is -0.497 e. The molecule has 0 spiro atoms. The van der Waals surface area contributed by atoms with Gasteiger partial charge in [-0.25, -0.2) is 0 Å². The number of nitrogens with one attached hydrogen (secondary N) is 2. The molecule has 0 radical (unpaired) electrons. The lowest BCUT2D eigenvalue weighted by Crippen LogP contribution is -3.13. The van der Waals surface area contributed by atoms with Gasteiger partial charge in [0.1, 0.15) is 11.8 Å². The van der Waals surface area contributed by atoms with Crippen molar-refractivity contribution in [2.75, 3.05) is 26.7 Å². The van der Waals surface area contributed by atoms with Crippen molar-refractivity contribution in [1.82, 2.24) is 5.32 Å². The number of piperidine rings is 1. The third kappa shape index (κ3) is 4.22. The highest BCUT2D eigenvalue weighted by molar-refractivity contribution is 5.94. The van der Waals surface area contributed by atoms with Crippen LogP contribution in [0.4, 0.5) is 0 Å². The van der Waals surface area contributed by atoms with Crippen LogP contribution < -0.4 is 15.0 Å². The number of methoxy groups -OCH3 is 1. The van der Waals surface area contributed by atoms with E-state index in [-0.39, 0.29) is 11.9 Å². The van der Waals surface area contributed by atoms with E-state index < -0.39 is 0 Å². The van der Waals surface area contributed by atoms with Crippen LogP contribution in [-0.2, 0) is 12.8 Å². The molecule has 1 aliphatic heterocycles. The van der Waals surface area contributed by atoms with Gasteiger partial charge in [0.2, 0.25) is 0 Å². The molecule has 148 valence electrons. The van der Waals surface area contributed by atoms with Crippen molar-refractivity contribution in [3.8, 4) is 5.75 Å². The highest BCUT2D eigenvalue weighted by Gasteiger charge is 2.27. The van der Waals surface area contributed by atoms with E-state index in [0.717, 1.165) is 24.2 Å². The lowest BCUT2D eigenvalue weighted by atomic mass is 10.0. The second-order valence-corrected chi connectivity index (χ2v) is 8.09. The van der Waals surface area contributed by atoms with Crippen LogP contribution in [0.15, 0.2) is 42.5 Å². The summed E-state index contributed by atoms with van der Waals surface area (Å²) in [6, 6.07) is 14.8. The quantitative estimate of drug-likeness (QED) is 0.810. The summed E-state index contributed by atoms with van der Waals surface area (Å²) in [5.74, 6) is 0.919. The molecule has 2 aliphatic rings. The van der Waals surface area contributed by atoms with Gasteiger partial charge in [-0.15, -0.1) is 0 Å². The van der Waals surface area contributed by atoms with Crippen molar-refractivity contribution in [3.05, 3.63) is 64.7 Å². The maximum Gasteiger partial charge on any atom is 0.251 e. The number of hydrogen-bond donors (Lipinski definition) is 2. The van der Waals surface area contributed by atoms with Crippen LogP contribution in [0.1, 0.15) is 58.8 Å². The van der Waals surface area contributed by atoms with E-state index in [1.165, 1.54) is 55.5 Å². The minimum atomic E-state index is 0.0459. The fourth-order valence-electron chi connectivity index (χ4n) is 4.70. The molecule has 1 fully saturated rings. The molecule has 2 aromatic carbocycles. The second kappa shape index (κ2) is 8.78. The molecule has 0 aromatic heterocycles. The number of quaternary nitrogens is 1. The number of ether oxygens (including phenoxy) is 1. The van der Waals surface area contributed by atoms with Crippen LogP contribution in [0.3, 0.4) is 0 Å². The largest absolute Gasteiger partial charge is 0.497 e. The Hall–Kier alpha value is -2.33. The van der Waals surface area contributed by atoms with Gasteiger partial charge in [0, 0.05) is 11.1 Å². The van der Waals surface area contributed by atoms with Crippen molar-refractivity contribution in [1.29, 1.82) is 0 Å². The zero-order valence-corrected chi connectivity index (χ0v) is 16.8. The molecule has 1 atom stereocenters. The van der Waals surface area contributed by atoms with Gasteiger partial charge in [-0.3, -0.25) is 4.79 Å². The van der Waals surface area contributed by atoms with E-state index in [2.05, 4.69) is 29.6 Å². The predicted molar refractivity (Wildman–Crippen MR) is 111 cm³/mol. The molecule has 28 heavy (non-hydrogen) atoms. The van der Waals surface area contributed by atoms with Gasteiger partial charge in [-0.1, -0.05) is 6.07 Å². The van der Waals surface area contributed by atoms with Crippen LogP contribution in [-0.4, -0.2) is 32.7 Å². The number of benzene rings is 2. The van der Waals surface area contributed by atoms with E-state index in [1.807, 2.05) is 18.2 Å². The summed E-state index contributed by atoms with van der Waals surface area (Å²) in [5, 5.41) is 3.22. The average molecular weight is 380 g/mol.